The second kappa shape index (κ2) is 10.1. The van der Waals surface area contributed by atoms with Crippen molar-refractivity contribution >= 4 is 28.9 Å². The lowest BCUT2D eigenvalue weighted by Crippen LogP contribution is -2.52. The average Bonchev–Trinajstić information content (AvgIpc) is 3.44. The van der Waals surface area contributed by atoms with Crippen molar-refractivity contribution in [3.05, 3.63) is 71.8 Å². The molecular formula is C27H31N5O2. The number of allylic oxidation sites excluding steroid dienone is 1. The van der Waals surface area contributed by atoms with Crippen LogP contribution < -0.4 is 15.5 Å². The highest BCUT2D eigenvalue weighted by Gasteiger charge is 2.31. The van der Waals surface area contributed by atoms with Gasteiger partial charge in [0, 0.05) is 26.1 Å². The van der Waals surface area contributed by atoms with Crippen LogP contribution in [0, 0.1) is 0 Å². The molecule has 1 unspecified atom stereocenters. The van der Waals surface area contributed by atoms with E-state index >= 15 is 0 Å². The van der Waals surface area contributed by atoms with Crippen LogP contribution in [0.5, 0.6) is 0 Å². The summed E-state index contributed by atoms with van der Waals surface area (Å²) in [4.78, 5) is 32.7. The molecule has 2 N–H and O–H groups in total. The van der Waals surface area contributed by atoms with E-state index in [-0.39, 0.29) is 11.9 Å². The fourth-order valence-electron chi connectivity index (χ4n) is 4.87. The zero-order valence-corrected chi connectivity index (χ0v) is 19.4. The molecule has 176 valence electrons. The van der Waals surface area contributed by atoms with E-state index in [2.05, 4.69) is 26.3 Å². The quantitative estimate of drug-likeness (QED) is 0.523. The van der Waals surface area contributed by atoms with Crippen LogP contribution in [0.4, 0.5) is 10.7 Å². The molecule has 0 radical (unpaired) electrons. The Morgan fingerprint density at radius 2 is 1.82 bits per heavy atom. The van der Waals surface area contributed by atoms with E-state index in [1.807, 2.05) is 54.6 Å². The highest BCUT2D eigenvalue weighted by Crippen LogP contribution is 2.27. The average molecular weight is 458 g/mol. The number of aromatic nitrogens is 2. The number of benzene rings is 2. The molecule has 0 spiro atoms. The summed E-state index contributed by atoms with van der Waals surface area (Å²) in [5, 5.41) is 6.04. The molecule has 34 heavy (non-hydrogen) atoms. The summed E-state index contributed by atoms with van der Waals surface area (Å²) < 4.78 is 2.05. The largest absolute Gasteiger partial charge is 0.354 e. The number of urea groups is 1. The predicted molar refractivity (Wildman–Crippen MR) is 134 cm³/mol. The number of hydrogen-bond acceptors (Lipinski definition) is 3. The Bertz CT molecular complexity index is 1200. The lowest BCUT2D eigenvalue weighted by Gasteiger charge is -2.22. The number of carbonyl (C=O) groups excluding carboxylic acids is 2. The van der Waals surface area contributed by atoms with Gasteiger partial charge in [0.05, 0.1) is 11.0 Å². The topological polar surface area (TPSA) is 79.3 Å². The van der Waals surface area contributed by atoms with Gasteiger partial charge in [-0.05, 0) is 49.8 Å². The summed E-state index contributed by atoms with van der Waals surface area (Å²) in [7, 11) is 0. The van der Waals surface area contributed by atoms with Crippen molar-refractivity contribution in [3.63, 3.8) is 0 Å². The predicted octanol–water partition coefficient (Wildman–Crippen LogP) is 4.18. The van der Waals surface area contributed by atoms with Gasteiger partial charge in [-0.3, -0.25) is 9.69 Å². The number of para-hydroxylation sites is 2. The smallest absolute Gasteiger partial charge is 0.324 e. The van der Waals surface area contributed by atoms with Crippen molar-refractivity contribution in [2.45, 2.75) is 51.1 Å². The molecule has 1 atom stereocenters. The molecule has 3 amide bonds. The molecule has 7 heteroatoms. The van der Waals surface area contributed by atoms with Gasteiger partial charge in [-0.2, -0.15) is 0 Å². The van der Waals surface area contributed by atoms with Crippen molar-refractivity contribution in [3.8, 4) is 0 Å². The van der Waals surface area contributed by atoms with E-state index in [4.69, 9.17) is 0 Å². The molecule has 1 aromatic heterocycles. The van der Waals surface area contributed by atoms with Crippen molar-refractivity contribution in [1.29, 1.82) is 0 Å². The Labute approximate surface area is 199 Å². The lowest BCUT2D eigenvalue weighted by molar-refractivity contribution is -0.122. The van der Waals surface area contributed by atoms with Crippen molar-refractivity contribution in [2.24, 2.45) is 0 Å². The van der Waals surface area contributed by atoms with E-state index in [0.29, 0.717) is 32.0 Å². The first-order chi connectivity index (χ1) is 16.7. The number of rotatable bonds is 7. The summed E-state index contributed by atoms with van der Waals surface area (Å²) in [5.41, 5.74) is 4.31. The zero-order chi connectivity index (χ0) is 23.3. The molecule has 5 rings (SSSR count). The Hall–Kier alpha value is -3.61. The molecule has 2 aliphatic rings. The highest BCUT2D eigenvalue weighted by atomic mass is 16.2. The summed E-state index contributed by atoms with van der Waals surface area (Å²) in [6.07, 6.45) is 8.35. The van der Waals surface area contributed by atoms with Crippen LogP contribution in [-0.4, -0.2) is 40.6 Å². The molecule has 2 aromatic carbocycles. The minimum Gasteiger partial charge on any atom is -0.354 e. The first kappa shape index (κ1) is 22.2. The van der Waals surface area contributed by atoms with Gasteiger partial charge < -0.3 is 15.2 Å². The molecule has 0 bridgehead atoms. The van der Waals surface area contributed by atoms with Crippen LogP contribution in [-0.2, 0) is 17.8 Å². The minimum absolute atomic E-state index is 0.152. The van der Waals surface area contributed by atoms with Gasteiger partial charge in [-0.1, -0.05) is 54.1 Å². The van der Waals surface area contributed by atoms with Crippen molar-refractivity contribution in [1.82, 2.24) is 20.2 Å². The molecule has 0 fully saturated rings. The molecule has 1 aliphatic carbocycles. The van der Waals surface area contributed by atoms with E-state index in [9.17, 15) is 9.59 Å². The Balaban J connectivity index is 1.28. The van der Waals surface area contributed by atoms with Crippen LogP contribution in [0.3, 0.4) is 0 Å². The van der Waals surface area contributed by atoms with Crippen LogP contribution in [0.2, 0.25) is 0 Å². The molecule has 1 aliphatic heterocycles. The minimum atomic E-state index is -0.659. The normalized spacial score (nSPS) is 16.1. The van der Waals surface area contributed by atoms with Gasteiger partial charge in [0.1, 0.15) is 6.04 Å². The second-order valence-electron chi connectivity index (χ2n) is 9.04. The van der Waals surface area contributed by atoms with Gasteiger partial charge in [-0.25, -0.2) is 9.78 Å². The van der Waals surface area contributed by atoms with Gasteiger partial charge in [-0.15, -0.1) is 0 Å². The maximum Gasteiger partial charge on any atom is 0.324 e. The Kier molecular flexibility index (Phi) is 6.60. The summed E-state index contributed by atoms with van der Waals surface area (Å²) in [6.45, 7) is 1.81. The third-order valence-electron chi connectivity index (χ3n) is 6.70. The fraction of sp³-hybridized carbons (Fsp3) is 0.370. The zero-order valence-electron chi connectivity index (χ0n) is 19.4. The van der Waals surface area contributed by atoms with Gasteiger partial charge in [0.2, 0.25) is 11.9 Å². The molecular weight excluding hydrogens is 426 g/mol. The first-order valence-corrected chi connectivity index (χ1v) is 12.2. The van der Waals surface area contributed by atoms with E-state index in [1.165, 1.54) is 18.4 Å². The summed E-state index contributed by atoms with van der Waals surface area (Å²) in [6, 6.07) is 16.7. The number of carbonyl (C=O) groups is 2. The number of nitrogens with zero attached hydrogens (tertiary/aromatic N) is 3. The number of nitrogens with one attached hydrogen (secondary N) is 2. The highest BCUT2D eigenvalue weighted by molar-refractivity contribution is 5.96. The van der Waals surface area contributed by atoms with Crippen LogP contribution in [0.25, 0.3) is 11.0 Å². The fourth-order valence-corrected chi connectivity index (χ4v) is 4.87. The third kappa shape index (κ3) is 4.83. The summed E-state index contributed by atoms with van der Waals surface area (Å²) >= 11 is 0. The Morgan fingerprint density at radius 3 is 2.65 bits per heavy atom. The van der Waals surface area contributed by atoms with Crippen LogP contribution in [0.15, 0.2) is 66.2 Å². The van der Waals surface area contributed by atoms with Gasteiger partial charge >= 0.3 is 6.03 Å². The van der Waals surface area contributed by atoms with Gasteiger partial charge in [0.25, 0.3) is 0 Å². The number of anilines is 1. The lowest BCUT2D eigenvalue weighted by atomic mass is 9.97. The van der Waals surface area contributed by atoms with Crippen molar-refractivity contribution in [2.75, 3.05) is 18.0 Å². The number of imidazole rings is 1. The molecule has 2 heterocycles. The monoisotopic (exact) mass is 457 g/mol. The first-order valence-electron chi connectivity index (χ1n) is 12.2. The SMILES string of the molecule is O=C(NCCC1=CCCCC1)C(Cc1ccccc1)NC(=O)N1CCn2c1nc1ccccc12. The number of fused-ring (bicyclic) bond motifs is 3. The third-order valence-corrected chi connectivity index (χ3v) is 6.70. The molecule has 7 nitrogen and oxygen atoms in total. The van der Waals surface area contributed by atoms with E-state index < -0.39 is 6.04 Å². The van der Waals surface area contributed by atoms with Gasteiger partial charge in [0.15, 0.2) is 0 Å². The van der Waals surface area contributed by atoms with Crippen LogP contribution in [0.1, 0.15) is 37.7 Å². The number of amides is 3. The second-order valence-corrected chi connectivity index (χ2v) is 9.04. The van der Waals surface area contributed by atoms with Crippen molar-refractivity contribution < 1.29 is 9.59 Å². The Morgan fingerprint density at radius 1 is 1.00 bits per heavy atom. The molecule has 0 saturated carbocycles. The number of hydrogen-bond donors (Lipinski definition) is 2. The maximum absolute atomic E-state index is 13.3. The maximum atomic E-state index is 13.3. The molecule has 3 aromatic rings. The standard InChI is InChI=1S/C27H31N5O2/c33-25(28-16-15-20-9-3-1-4-10-20)23(19-21-11-5-2-6-12-21)30-27(34)32-18-17-31-24-14-8-7-13-22(24)29-26(31)32/h2,5-9,11-14,23H,1,3-4,10,15-19H2,(H,28,33)(H,30,34). The van der Waals surface area contributed by atoms with E-state index in [0.717, 1.165) is 35.9 Å². The summed E-state index contributed by atoms with van der Waals surface area (Å²) in [5.74, 6) is 0.475. The molecule has 0 saturated heterocycles. The van der Waals surface area contributed by atoms with Crippen LogP contribution >= 0.6 is 0 Å². The van der Waals surface area contributed by atoms with E-state index in [1.54, 1.807) is 4.90 Å².